The van der Waals surface area contributed by atoms with Gasteiger partial charge in [-0.2, -0.15) is 14.4 Å². The molecule has 3 N–H and O–H groups in total. The van der Waals surface area contributed by atoms with Crippen molar-refractivity contribution >= 4 is 22.9 Å². The van der Waals surface area contributed by atoms with Gasteiger partial charge in [0.15, 0.2) is 11.5 Å². The number of benzene rings is 1. The number of carbonyl (C=O) groups excluding carboxylic acids is 1. The van der Waals surface area contributed by atoms with Crippen LogP contribution in [0.1, 0.15) is 30.9 Å². The van der Waals surface area contributed by atoms with Crippen molar-refractivity contribution in [1.29, 1.82) is 0 Å². The first kappa shape index (κ1) is 17.3. The van der Waals surface area contributed by atoms with Crippen LogP contribution in [0.4, 0.5) is 10.2 Å². The molecule has 1 fully saturated rings. The van der Waals surface area contributed by atoms with Crippen molar-refractivity contribution in [3.8, 4) is 0 Å². The van der Waals surface area contributed by atoms with Gasteiger partial charge in [0.2, 0.25) is 5.91 Å². The van der Waals surface area contributed by atoms with Gasteiger partial charge in [0, 0.05) is 12.0 Å². The lowest BCUT2D eigenvalue weighted by atomic mass is 10.1. The van der Waals surface area contributed by atoms with Gasteiger partial charge in [-0.05, 0) is 24.8 Å². The number of rotatable bonds is 5. The van der Waals surface area contributed by atoms with Crippen LogP contribution in [0.25, 0.3) is 11.2 Å². The molecule has 1 saturated carbocycles. The number of halogens is 1. The van der Waals surface area contributed by atoms with Crippen molar-refractivity contribution in [2.45, 2.75) is 31.9 Å². The van der Waals surface area contributed by atoms with Gasteiger partial charge in [-0.3, -0.25) is 9.63 Å². The first-order valence-electron chi connectivity index (χ1n) is 8.73. The third kappa shape index (κ3) is 3.59. The maximum atomic E-state index is 13.5. The number of nitrogen functional groups attached to an aromatic ring is 1. The Morgan fingerprint density at radius 2 is 2.11 bits per heavy atom. The number of hydrogen-bond donors (Lipinski definition) is 2. The number of nitrogens with one attached hydrogen (secondary N) is 1. The van der Waals surface area contributed by atoms with E-state index in [4.69, 9.17) is 10.6 Å². The Morgan fingerprint density at radius 3 is 2.93 bits per heavy atom. The SMILES string of the molecule is Nc1nc(F)nc2c1ncn2[C@@H]1CC[C@@H](C(=O)NOCc2ccccc2)C1. The van der Waals surface area contributed by atoms with Gasteiger partial charge in [0.1, 0.15) is 5.52 Å². The number of hydrogen-bond acceptors (Lipinski definition) is 6. The standard InChI is InChI=1S/C18H19FN6O2/c19-18-22-15(20)14-16(23-18)25(10-21-14)13-7-6-12(8-13)17(26)24-27-9-11-4-2-1-3-5-11/h1-5,10,12-13H,6-9H2,(H,24,26)(H2,20,22,23)/t12-,13-/m1/s1. The van der Waals surface area contributed by atoms with E-state index in [9.17, 15) is 9.18 Å². The second kappa shape index (κ2) is 7.28. The lowest BCUT2D eigenvalue weighted by molar-refractivity contribution is -0.138. The highest BCUT2D eigenvalue weighted by molar-refractivity contribution is 5.81. The molecule has 3 aromatic rings. The van der Waals surface area contributed by atoms with E-state index >= 15 is 0 Å². The lowest BCUT2D eigenvalue weighted by Crippen LogP contribution is -2.29. The van der Waals surface area contributed by atoms with Crippen LogP contribution in [-0.4, -0.2) is 25.4 Å². The second-order valence-corrected chi connectivity index (χ2v) is 6.61. The molecular formula is C18H19FN6O2. The molecular weight excluding hydrogens is 351 g/mol. The van der Waals surface area contributed by atoms with Crippen LogP contribution in [0.15, 0.2) is 36.7 Å². The Kier molecular flexibility index (Phi) is 4.68. The predicted molar refractivity (Wildman–Crippen MR) is 95.4 cm³/mol. The van der Waals surface area contributed by atoms with Crippen LogP contribution in [0.2, 0.25) is 0 Å². The normalized spacial score (nSPS) is 19.4. The molecule has 9 heteroatoms. The maximum absolute atomic E-state index is 13.5. The number of hydroxylamine groups is 1. The van der Waals surface area contributed by atoms with Gasteiger partial charge in [-0.15, -0.1) is 0 Å². The van der Waals surface area contributed by atoms with Gasteiger partial charge in [-0.1, -0.05) is 30.3 Å². The molecule has 2 aromatic heterocycles. The molecule has 0 radical (unpaired) electrons. The molecule has 1 aliphatic rings. The zero-order valence-electron chi connectivity index (χ0n) is 14.5. The summed E-state index contributed by atoms with van der Waals surface area (Å²) in [7, 11) is 0. The summed E-state index contributed by atoms with van der Waals surface area (Å²) in [5.41, 5.74) is 9.93. The van der Waals surface area contributed by atoms with Crippen LogP contribution in [-0.2, 0) is 16.2 Å². The Labute approximate surface area is 154 Å². The maximum Gasteiger partial charge on any atom is 0.312 e. The molecule has 0 unspecified atom stereocenters. The first-order chi connectivity index (χ1) is 13.1. The predicted octanol–water partition coefficient (Wildman–Crippen LogP) is 2.14. The summed E-state index contributed by atoms with van der Waals surface area (Å²) in [6.07, 6.45) is 2.74. The van der Waals surface area contributed by atoms with Gasteiger partial charge in [0.05, 0.1) is 12.9 Å². The molecule has 1 aromatic carbocycles. The summed E-state index contributed by atoms with van der Waals surface area (Å²) in [6, 6.07) is 9.59. The highest BCUT2D eigenvalue weighted by Gasteiger charge is 2.32. The van der Waals surface area contributed by atoms with Crippen molar-refractivity contribution in [2.24, 2.45) is 5.92 Å². The Bertz CT molecular complexity index is 961. The zero-order valence-corrected chi connectivity index (χ0v) is 14.5. The fourth-order valence-electron chi connectivity index (χ4n) is 3.47. The van der Waals surface area contributed by atoms with Crippen molar-refractivity contribution in [1.82, 2.24) is 25.0 Å². The highest BCUT2D eigenvalue weighted by atomic mass is 19.1. The van der Waals surface area contributed by atoms with E-state index in [0.29, 0.717) is 30.6 Å². The van der Waals surface area contributed by atoms with E-state index in [1.54, 1.807) is 10.9 Å². The minimum Gasteiger partial charge on any atom is -0.382 e. The van der Waals surface area contributed by atoms with Gasteiger partial charge in [-0.25, -0.2) is 10.5 Å². The number of imidazole rings is 1. The Hall–Kier alpha value is -3.07. The molecule has 4 rings (SSSR count). The van der Waals surface area contributed by atoms with E-state index in [-0.39, 0.29) is 23.7 Å². The topological polar surface area (TPSA) is 108 Å². The number of amides is 1. The van der Waals surface area contributed by atoms with Gasteiger partial charge >= 0.3 is 6.08 Å². The fraction of sp³-hybridized carbons (Fsp3) is 0.333. The third-order valence-electron chi connectivity index (χ3n) is 4.84. The third-order valence-corrected chi connectivity index (χ3v) is 4.84. The van der Waals surface area contributed by atoms with Gasteiger partial charge < -0.3 is 10.3 Å². The number of fused-ring (bicyclic) bond motifs is 1. The molecule has 0 bridgehead atoms. The van der Waals surface area contributed by atoms with Crippen LogP contribution in [0, 0.1) is 12.0 Å². The fourth-order valence-corrected chi connectivity index (χ4v) is 3.47. The molecule has 0 aliphatic heterocycles. The monoisotopic (exact) mass is 370 g/mol. The van der Waals surface area contributed by atoms with Crippen LogP contribution < -0.4 is 11.2 Å². The highest BCUT2D eigenvalue weighted by Crippen LogP contribution is 2.36. The van der Waals surface area contributed by atoms with Gasteiger partial charge in [0.25, 0.3) is 0 Å². The molecule has 140 valence electrons. The summed E-state index contributed by atoms with van der Waals surface area (Å²) in [5.74, 6) is -0.330. The minimum absolute atomic E-state index is 0.00595. The summed E-state index contributed by atoms with van der Waals surface area (Å²) >= 11 is 0. The first-order valence-corrected chi connectivity index (χ1v) is 8.73. The summed E-state index contributed by atoms with van der Waals surface area (Å²) < 4.78 is 15.3. The smallest absolute Gasteiger partial charge is 0.312 e. The number of nitrogens with zero attached hydrogens (tertiary/aromatic N) is 4. The molecule has 27 heavy (non-hydrogen) atoms. The molecule has 2 atom stereocenters. The van der Waals surface area contributed by atoms with E-state index < -0.39 is 6.08 Å². The molecule has 8 nitrogen and oxygen atoms in total. The lowest BCUT2D eigenvalue weighted by Gasteiger charge is -2.13. The van der Waals surface area contributed by atoms with Crippen LogP contribution >= 0.6 is 0 Å². The Balaban J connectivity index is 1.38. The summed E-state index contributed by atoms with van der Waals surface area (Å²) in [4.78, 5) is 29.1. The number of nitrogens with two attached hydrogens (primary N) is 1. The molecule has 1 aliphatic carbocycles. The van der Waals surface area contributed by atoms with E-state index in [1.165, 1.54) is 0 Å². The number of anilines is 1. The molecule has 2 heterocycles. The van der Waals surface area contributed by atoms with Crippen molar-refractivity contribution in [3.63, 3.8) is 0 Å². The van der Waals surface area contributed by atoms with E-state index in [0.717, 1.165) is 12.0 Å². The largest absolute Gasteiger partial charge is 0.382 e. The van der Waals surface area contributed by atoms with Crippen LogP contribution in [0.5, 0.6) is 0 Å². The Morgan fingerprint density at radius 1 is 1.30 bits per heavy atom. The van der Waals surface area contributed by atoms with Crippen molar-refractivity contribution in [3.05, 3.63) is 48.3 Å². The second-order valence-electron chi connectivity index (χ2n) is 6.61. The minimum atomic E-state index is -0.886. The summed E-state index contributed by atoms with van der Waals surface area (Å²) in [5, 5.41) is 0. The van der Waals surface area contributed by atoms with E-state index in [1.807, 2.05) is 30.3 Å². The molecule has 0 spiro atoms. The van der Waals surface area contributed by atoms with Crippen molar-refractivity contribution < 1.29 is 14.0 Å². The summed E-state index contributed by atoms with van der Waals surface area (Å²) in [6.45, 7) is 0.310. The molecule has 0 saturated heterocycles. The average molecular weight is 370 g/mol. The quantitative estimate of drug-likeness (QED) is 0.526. The average Bonchev–Trinajstić information content (AvgIpc) is 3.29. The molecule has 1 amide bonds. The number of aromatic nitrogens is 4. The number of carbonyl (C=O) groups is 1. The zero-order chi connectivity index (χ0) is 18.8. The van der Waals surface area contributed by atoms with Crippen LogP contribution in [0.3, 0.4) is 0 Å². The van der Waals surface area contributed by atoms with Crippen molar-refractivity contribution in [2.75, 3.05) is 5.73 Å². The van der Waals surface area contributed by atoms with E-state index in [2.05, 4.69) is 20.4 Å².